The van der Waals surface area contributed by atoms with E-state index >= 15 is 0 Å². The van der Waals surface area contributed by atoms with Crippen LogP contribution in [0.5, 0.6) is 0 Å². The third kappa shape index (κ3) is 3.81. The number of benzene rings is 1. The highest BCUT2D eigenvalue weighted by molar-refractivity contribution is 5.77. The van der Waals surface area contributed by atoms with Crippen molar-refractivity contribution < 1.29 is 14.1 Å². The molecule has 0 aliphatic heterocycles. The van der Waals surface area contributed by atoms with Crippen LogP contribution in [-0.2, 0) is 22.6 Å². The first-order valence-electron chi connectivity index (χ1n) is 9.51. The maximum atomic E-state index is 12.8. The third-order valence-electron chi connectivity index (χ3n) is 4.70. The molecule has 0 unspecified atom stereocenters. The first-order valence-corrected chi connectivity index (χ1v) is 9.51. The number of hydrogen-bond donors (Lipinski definition) is 0. The highest BCUT2D eigenvalue weighted by Gasteiger charge is 2.28. The SMILES string of the molecule is CC(C)c1noc(COC(=O)CCc2nc3ccccc3c(=O)n2C2CC2)n1. The van der Waals surface area contributed by atoms with Crippen LogP contribution in [0.15, 0.2) is 33.6 Å². The van der Waals surface area contributed by atoms with Crippen LogP contribution in [0.2, 0.25) is 0 Å². The molecule has 28 heavy (non-hydrogen) atoms. The van der Waals surface area contributed by atoms with E-state index in [0.29, 0.717) is 29.0 Å². The second kappa shape index (κ2) is 7.53. The molecule has 4 rings (SSSR count). The molecule has 0 N–H and O–H groups in total. The van der Waals surface area contributed by atoms with Gasteiger partial charge in [-0.15, -0.1) is 0 Å². The van der Waals surface area contributed by atoms with Gasteiger partial charge in [-0.05, 0) is 25.0 Å². The van der Waals surface area contributed by atoms with Crippen molar-refractivity contribution in [3.63, 3.8) is 0 Å². The van der Waals surface area contributed by atoms with E-state index in [0.717, 1.165) is 12.8 Å². The molecule has 8 nitrogen and oxygen atoms in total. The Morgan fingerprint density at radius 1 is 1.29 bits per heavy atom. The minimum atomic E-state index is -0.394. The molecule has 0 radical (unpaired) electrons. The number of ether oxygens (including phenoxy) is 1. The lowest BCUT2D eigenvalue weighted by molar-refractivity contribution is -0.145. The molecule has 1 aliphatic carbocycles. The second-order valence-corrected chi connectivity index (χ2v) is 7.31. The second-order valence-electron chi connectivity index (χ2n) is 7.31. The summed E-state index contributed by atoms with van der Waals surface area (Å²) in [6.45, 7) is 3.85. The Morgan fingerprint density at radius 2 is 2.07 bits per heavy atom. The quantitative estimate of drug-likeness (QED) is 0.579. The van der Waals surface area contributed by atoms with Gasteiger partial charge >= 0.3 is 5.97 Å². The van der Waals surface area contributed by atoms with E-state index < -0.39 is 5.97 Å². The van der Waals surface area contributed by atoms with Crippen LogP contribution >= 0.6 is 0 Å². The maximum Gasteiger partial charge on any atom is 0.306 e. The minimum absolute atomic E-state index is 0.0384. The number of aromatic nitrogens is 4. The zero-order chi connectivity index (χ0) is 19.7. The van der Waals surface area contributed by atoms with Gasteiger partial charge in [-0.1, -0.05) is 31.1 Å². The summed E-state index contributed by atoms with van der Waals surface area (Å²) in [5.41, 5.74) is 0.614. The molecule has 3 aromatic rings. The number of carbonyl (C=O) groups excluding carboxylic acids is 1. The van der Waals surface area contributed by atoms with Gasteiger partial charge in [0, 0.05) is 18.4 Å². The van der Waals surface area contributed by atoms with Crippen molar-refractivity contribution >= 4 is 16.9 Å². The Hall–Kier alpha value is -3.03. The highest BCUT2D eigenvalue weighted by Crippen LogP contribution is 2.34. The number of para-hydroxylation sites is 1. The fourth-order valence-corrected chi connectivity index (χ4v) is 3.07. The first kappa shape index (κ1) is 18.3. The Kier molecular flexibility index (Phi) is 4.93. The van der Waals surface area contributed by atoms with Gasteiger partial charge in [-0.2, -0.15) is 4.98 Å². The molecule has 0 bridgehead atoms. The van der Waals surface area contributed by atoms with Crippen molar-refractivity contribution in [3.05, 3.63) is 52.2 Å². The van der Waals surface area contributed by atoms with Crippen LogP contribution < -0.4 is 5.56 Å². The number of nitrogens with zero attached hydrogens (tertiary/aromatic N) is 4. The highest BCUT2D eigenvalue weighted by atomic mass is 16.6. The maximum absolute atomic E-state index is 12.8. The van der Waals surface area contributed by atoms with Crippen LogP contribution in [0.4, 0.5) is 0 Å². The third-order valence-corrected chi connectivity index (χ3v) is 4.70. The summed E-state index contributed by atoms with van der Waals surface area (Å²) < 4.78 is 12.0. The number of fused-ring (bicyclic) bond motifs is 1. The smallest absolute Gasteiger partial charge is 0.306 e. The predicted molar refractivity (Wildman–Crippen MR) is 101 cm³/mol. The van der Waals surface area contributed by atoms with E-state index in [2.05, 4.69) is 15.1 Å². The largest absolute Gasteiger partial charge is 0.456 e. The van der Waals surface area contributed by atoms with Crippen molar-refractivity contribution in [3.8, 4) is 0 Å². The zero-order valence-electron chi connectivity index (χ0n) is 15.9. The molecular formula is C20H22N4O4. The lowest BCUT2D eigenvalue weighted by Crippen LogP contribution is -2.25. The van der Waals surface area contributed by atoms with Gasteiger partial charge < -0.3 is 9.26 Å². The molecule has 2 heterocycles. The van der Waals surface area contributed by atoms with Gasteiger partial charge in [-0.25, -0.2) is 4.98 Å². The van der Waals surface area contributed by atoms with Crippen molar-refractivity contribution in [2.45, 2.75) is 58.1 Å². The molecule has 1 aromatic carbocycles. The van der Waals surface area contributed by atoms with Gasteiger partial charge in [0.2, 0.25) is 0 Å². The molecule has 1 saturated carbocycles. The summed E-state index contributed by atoms with van der Waals surface area (Å²) >= 11 is 0. The molecule has 8 heteroatoms. The standard InChI is InChI=1S/C20H22N4O4/c1-12(2)19-22-17(28-23-19)11-27-18(25)10-9-16-21-15-6-4-3-5-14(15)20(26)24(16)13-7-8-13/h3-6,12-13H,7-11H2,1-2H3. The van der Waals surface area contributed by atoms with Crippen molar-refractivity contribution in [2.24, 2.45) is 0 Å². The molecule has 0 spiro atoms. The predicted octanol–water partition coefficient (Wildman–Crippen LogP) is 2.91. The van der Waals surface area contributed by atoms with Crippen LogP contribution in [0.1, 0.15) is 62.6 Å². The van der Waals surface area contributed by atoms with Crippen LogP contribution in [0, 0.1) is 0 Å². The summed E-state index contributed by atoms with van der Waals surface area (Å²) in [6, 6.07) is 7.48. The van der Waals surface area contributed by atoms with E-state index in [-0.39, 0.29) is 36.4 Å². The molecule has 1 fully saturated rings. The number of hydrogen-bond acceptors (Lipinski definition) is 7. The zero-order valence-corrected chi connectivity index (χ0v) is 15.9. The Morgan fingerprint density at radius 3 is 2.79 bits per heavy atom. The lowest BCUT2D eigenvalue weighted by Gasteiger charge is -2.12. The minimum Gasteiger partial charge on any atom is -0.456 e. The molecule has 0 amide bonds. The van der Waals surface area contributed by atoms with Gasteiger partial charge in [0.15, 0.2) is 12.4 Å². The summed E-state index contributed by atoms with van der Waals surface area (Å²) in [7, 11) is 0. The van der Waals surface area contributed by atoms with E-state index in [4.69, 9.17) is 9.26 Å². The first-order chi connectivity index (χ1) is 13.5. The average molecular weight is 382 g/mol. The van der Waals surface area contributed by atoms with E-state index in [1.165, 1.54) is 0 Å². The van der Waals surface area contributed by atoms with E-state index in [9.17, 15) is 9.59 Å². The molecular weight excluding hydrogens is 360 g/mol. The Labute approximate surface area is 161 Å². The topological polar surface area (TPSA) is 100 Å². The number of aryl methyl sites for hydroxylation is 1. The summed E-state index contributed by atoms with van der Waals surface area (Å²) in [6.07, 6.45) is 2.40. The van der Waals surface area contributed by atoms with E-state index in [1.807, 2.05) is 32.0 Å². The Balaban J connectivity index is 1.44. The van der Waals surface area contributed by atoms with E-state index in [1.54, 1.807) is 10.6 Å². The fraction of sp³-hybridized carbons (Fsp3) is 0.450. The van der Waals surface area contributed by atoms with Crippen molar-refractivity contribution in [1.29, 1.82) is 0 Å². The van der Waals surface area contributed by atoms with Crippen LogP contribution in [0.25, 0.3) is 10.9 Å². The van der Waals surface area contributed by atoms with Gasteiger partial charge in [0.1, 0.15) is 5.82 Å². The lowest BCUT2D eigenvalue weighted by atomic mass is 10.2. The number of rotatable bonds is 7. The molecule has 2 aromatic heterocycles. The Bertz CT molecular complexity index is 1070. The molecule has 0 atom stereocenters. The monoisotopic (exact) mass is 382 g/mol. The normalized spacial score (nSPS) is 14.0. The fourth-order valence-electron chi connectivity index (χ4n) is 3.07. The molecule has 0 saturated heterocycles. The van der Waals surface area contributed by atoms with Crippen molar-refractivity contribution in [2.75, 3.05) is 0 Å². The molecule has 1 aliphatic rings. The van der Waals surface area contributed by atoms with Gasteiger partial charge in [0.05, 0.1) is 17.3 Å². The molecule has 146 valence electrons. The van der Waals surface area contributed by atoms with Gasteiger partial charge in [-0.3, -0.25) is 14.2 Å². The summed E-state index contributed by atoms with van der Waals surface area (Å²) in [5, 5.41) is 4.45. The van der Waals surface area contributed by atoms with Crippen LogP contribution in [0.3, 0.4) is 0 Å². The summed E-state index contributed by atoms with van der Waals surface area (Å²) in [4.78, 5) is 33.8. The van der Waals surface area contributed by atoms with Gasteiger partial charge in [0.25, 0.3) is 11.4 Å². The summed E-state index contributed by atoms with van der Waals surface area (Å²) in [5.74, 6) is 1.24. The average Bonchev–Trinajstić information content (AvgIpc) is 3.40. The van der Waals surface area contributed by atoms with Crippen molar-refractivity contribution in [1.82, 2.24) is 19.7 Å². The number of carbonyl (C=O) groups is 1. The van der Waals surface area contributed by atoms with Crippen LogP contribution in [-0.4, -0.2) is 25.7 Å². The number of esters is 1.